The van der Waals surface area contributed by atoms with E-state index >= 15 is 0 Å². The minimum Gasteiger partial charge on any atom is -0.444 e. The molecule has 5 heteroatoms. The van der Waals surface area contributed by atoms with Crippen molar-refractivity contribution in [2.75, 3.05) is 14.1 Å². The van der Waals surface area contributed by atoms with E-state index in [0.717, 1.165) is 25.0 Å². The molecule has 0 saturated heterocycles. The molecule has 1 atom stereocenters. The van der Waals surface area contributed by atoms with E-state index < -0.39 is 5.60 Å². The van der Waals surface area contributed by atoms with E-state index in [4.69, 9.17) is 4.74 Å². The van der Waals surface area contributed by atoms with Crippen LogP contribution in [0.3, 0.4) is 0 Å². The Kier molecular flexibility index (Phi) is 6.12. The van der Waals surface area contributed by atoms with Crippen LogP contribution in [-0.4, -0.2) is 36.7 Å². The molecule has 0 spiro atoms. The van der Waals surface area contributed by atoms with Crippen LogP contribution in [0.4, 0.5) is 4.79 Å². The minimum atomic E-state index is -0.463. The summed E-state index contributed by atoms with van der Waals surface area (Å²) in [4.78, 5) is 14.0. The van der Waals surface area contributed by atoms with Gasteiger partial charge in [0.05, 0.1) is 0 Å². The second kappa shape index (κ2) is 7.38. The molecule has 0 aromatic rings. The summed E-state index contributed by atoms with van der Waals surface area (Å²) in [5, 5.41) is 6.28. The molecule has 0 aromatic carbocycles. The van der Waals surface area contributed by atoms with E-state index in [9.17, 15) is 4.79 Å². The maximum absolute atomic E-state index is 11.9. The maximum atomic E-state index is 11.9. The summed E-state index contributed by atoms with van der Waals surface area (Å²) < 4.78 is 5.32. The van der Waals surface area contributed by atoms with Crippen molar-refractivity contribution in [1.29, 1.82) is 0 Å². The van der Waals surface area contributed by atoms with Crippen molar-refractivity contribution >= 4 is 6.09 Å². The molecule has 0 radical (unpaired) electrons. The molecular formula is C16H29N3O2. The first kappa shape index (κ1) is 17.4. The standard InChI is InChI=1S/C16H29N3O2/c1-7-10-17-13-11-12(8-9-14(13)19(5)6)18-15(20)21-16(2,3)4/h7,10,12,17H,8-9,11H2,1-6H3,(H,18,20)/b10-7-/t12-/m0/s1. The van der Waals surface area contributed by atoms with Crippen LogP contribution < -0.4 is 10.6 Å². The Bertz CT molecular complexity index is 420. The summed E-state index contributed by atoms with van der Waals surface area (Å²) in [6, 6.07) is 0.108. The number of hydrogen-bond acceptors (Lipinski definition) is 4. The van der Waals surface area contributed by atoms with Crippen LogP contribution in [0.25, 0.3) is 0 Å². The van der Waals surface area contributed by atoms with Crippen LogP contribution in [-0.2, 0) is 4.74 Å². The zero-order valence-corrected chi connectivity index (χ0v) is 14.1. The summed E-state index contributed by atoms with van der Waals surface area (Å²) in [5.74, 6) is 0. The van der Waals surface area contributed by atoms with Crippen molar-refractivity contribution < 1.29 is 9.53 Å². The van der Waals surface area contributed by atoms with Gasteiger partial charge in [-0.25, -0.2) is 4.79 Å². The van der Waals surface area contributed by atoms with Gasteiger partial charge in [0, 0.05) is 38.0 Å². The van der Waals surface area contributed by atoms with Gasteiger partial charge in [0.2, 0.25) is 0 Å². The summed E-state index contributed by atoms with van der Waals surface area (Å²) >= 11 is 0. The van der Waals surface area contributed by atoms with Crippen LogP contribution in [0.15, 0.2) is 23.7 Å². The van der Waals surface area contributed by atoms with E-state index in [1.165, 1.54) is 5.70 Å². The van der Waals surface area contributed by atoms with Crippen molar-refractivity contribution in [3.63, 3.8) is 0 Å². The monoisotopic (exact) mass is 295 g/mol. The first-order valence-corrected chi connectivity index (χ1v) is 7.49. The number of nitrogens with zero attached hydrogens (tertiary/aromatic N) is 1. The lowest BCUT2D eigenvalue weighted by molar-refractivity contribution is 0.0499. The molecule has 0 unspecified atom stereocenters. The number of carbonyl (C=O) groups excluding carboxylic acids is 1. The highest BCUT2D eigenvalue weighted by atomic mass is 16.6. The van der Waals surface area contributed by atoms with E-state index in [1.807, 2.05) is 54.1 Å². The second-order valence-corrected chi connectivity index (χ2v) is 6.55. The molecule has 0 aliphatic heterocycles. The number of ether oxygens (including phenoxy) is 1. The van der Waals surface area contributed by atoms with Gasteiger partial charge in [-0.15, -0.1) is 0 Å². The minimum absolute atomic E-state index is 0.108. The zero-order chi connectivity index (χ0) is 16.0. The van der Waals surface area contributed by atoms with Gasteiger partial charge in [0.15, 0.2) is 0 Å². The highest BCUT2D eigenvalue weighted by Gasteiger charge is 2.25. The third kappa shape index (κ3) is 6.10. The summed E-state index contributed by atoms with van der Waals surface area (Å²) in [7, 11) is 4.10. The quantitative estimate of drug-likeness (QED) is 0.837. The molecule has 0 aromatic heterocycles. The predicted molar refractivity (Wildman–Crippen MR) is 85.7 cm³/mol. The first-order valence-electron chi connectivity index (χ1n) is 7.49. The van der Waals surface area contributed by atoms with Crippen LogP contribution in [0.2, 0.25) is 0 Å². The van der Waals surface area contributed by atoms with Crippen molar-refractivity contribution in [2.24, 2.45) is 0 Å². The molecule has 0 bridgehead atoms. The fourth-order valence-electron chi connectivity index (χ4n) is 2.35. The number of allylic oxidation sites excluding steroid dienone is 2. The number of carbonyl (C=O) groups is 1. The summed E-state index contributed by atoms with van der Waals surface area (Å²) in [6.45, 7) is 7.59. The molecule has 1 rings (SSSR count). The average Bonchev–Trinajstić information content (AvgIpc) is 2.33. The smallest absolute Gasteiger partial charge is 0.407 e. The Morgan fingerprint density at radius 3 is 2.57 bits per heavy atom. The van der Waals surface area contributed by atoms with Gasteiger partial charge in [-0.1, -0.05) is 6.08 Å². The van der Waals surface area contributed by atoms with Gasteiger partial charge in [-0.05, 0) is 46.7 Å². The molecule has 5 nitrogen and oxygen atoms in total. The molecule has 1 aliphatic carbocycles. The molecule has 2 N–H and O–H groups in total. The fraction of sp³-hybridized carbons (Fsp3) is 0.688. The summed E-state index contributed by atoms with van der Waals surface area (Å²) in [5.41, 5.74) is 1.98. The Morgan fingerprint density at radius 2 is 2.05 bits per heavy atom. The summed E-state index contributed by atoms with van der Waals surface area (Å²) in [6.07, 6.45) is 6.20. The molecule has 0 heterocycles. The molecule has 0 saturated carbocycles. The Morgan fingerprint density at radius 1 is 1.38 bits per heavy atom. The lowest BCUT2D eigenvalue weighted by Crippen LogP contribution is -2.42. The first-order chi connectivity index (χ1) is 9.73. The second-order valence-electron chi connectivity index (χ2n) is 6.55. The fourth-order valence-corrected chi connectivity index (χ4v) is 2.35. The highest BCUT2D eigenvalue weighted by Crippen LogP contribution is 2.25. The number of nitrogens with one attached hydrogen (secondary N) is 2. The van der Waals surface area contributed by atoms with Crippen molar-refractivity contribution in [3.05, 3.63) is 23.7 Å². The third-order valence-corrected chi connectivity index (χ3v) is 3.21. The average molecular weight is 295 g/mol. The Hall–Kier alpha value is -1.65. The molecular weight excluding hydrogens is 266 g/mol. The van der Waals surface area contributed by atoms with Crippen molar-refractivity contribution in [2.45, 2.75) is 58.6 Å². The Balaban J connectivity index is 2.68. The third-order valence-electron chi connectivity index (χ3n) is 3.21. The predicted octanol–water partition coefficient (Wildman–Crippen LogP) is 2.96. The van der Waals surface area contributed by atoms with E-state index in [2.05, 4.69) is 15.5 Å². The van der Waals surface area contributed by atoms with Crippen LogP contribution in [0, 0.1) is 0 Å². The van der Waals surface area contributed by atoms with Gasteiger partial charge in [-0.3, -0.25) is 0 Å². The van der Waals surface area contributed by atoms with E-state index in [-0.39, 0.29) is 12.1 Å². The topological polar surface area (TPSA) is 53.6 Å². The van der Waals surface area contributed by atoms with Gasteiger partial charge >= 0.3 is 6.09 Å². The van der Waals surface area contributed by atoms with Gasteiger partial charge < -0.3 is 20.3 Å². The zero-order valence-electron chi connectivity index (χ0n) is 14.1. The molecule has 120 valence electrons. The van der Waals surface area contributed by atoms with Gasteiger partial charge in [0.25, 0.3) is 0 Å². The number of hydrogen-bond donors (Lipinski definition) is 2. The molecule has 1 amide bonds. The normalized spacial score (nSPS) is 19.6. The number of alkyl carbamates (subject to hydrolysis) is 1. The van der Waals surface area contributed by atoms with E-state index in [1.54, 1.807) is 0 Å². The van der Waals surface area contributed by atoms with Crippen LogP contribution in [0.1, 0.15) is 47.0 Å². The van der Waals surface area contributed by atoms with Crippen molar-refractivity contribution in [3.8, 4) is 0 Å². The number of amides is 1. The molecule has 1 aliphatic rings. The number of rotatable bonds is 4. The van der Waals surface area contributed by atoms with Crippen LogP contribution in [0.5, 0.6) is 0 Å². The van der Waals surface area contributed by atoms with Crippen LogP contribution >= 0.6 is 0 Å². The van der Waals surface area contributed by atoms with Crippen molar-refractivity contribution in [1.82, 2.24) is 15.5 Å². The molecule has 21 heavy (non-hydrogen) atoms. The molecule has 0 fully saturated rings. The lowest BCUT2D eigenvalue weighted by atomic mass is 9.95. The largest absolute Gasteiger partial charge is 0.444 e. The van der Waals surface area contributed by atoms with Gasteiger partial charge in [-0.2, -0.15) is 0 Å². The van der Waals surface area contributed by atoms with Gasteiger partial charge in [0.1, 0.15) is 5.60 Å². The highest BCUT2D eigenvalue weighted by molar-refractivity contribution is 5.68. The maximum Gasteiger partial charge on any atom is 0.407 e. The Labute approximate surface area is 128 Å². The SMILES string of the molecule is C/C=C\NC1=C(N(C)C)CC[C@H](NC(=O)OC(C)(C)C)C1. The van der Waals surface area contributed by atoms with E-state index in [0.29, 0.717) is 0 Å². The lowest BCUT2D eigenvalue weighted by Gasteiger charge is -2.32.